The Balaban J connectivity index is 1.82. The minimum atomic E-state index is -0.471. The molecule has 0 aliphatic carbocycles. The molecule has 106 valence electrons. The Morgan fingerprint density at radius 1 is 1.25 bits per heavy atom. The monoisotopic (exact) mass is 296 g/mol. The zero-order valence-corrected chi connectivity index (χ0v) is 11.4. The van der Waals surface area contributed by atoms with Gasteiger partial charge in [-0.15, -0.1) is 0 Å². The number of amides is 3. The topological polar surface area (TPSA) is 75.7 Å². The van der Waals surface area contributed by atoms with Gasteiger partial charge in [-0.25, -0.2) is 0 Å². The molecule has 2 rings (SSSR count). The van der Waals surface area contributed by atoms with Gasteiger partial charge in [0.1, 0.15) is 18.8 Å². The average molecular weight is 297 g/mol. The van der Waals surface area contributed by atoms with Crippen LogP contribution >= 0.6 is 11.6 Å². The lowest BCUT2D eigenvalue weighted by Crippen LogP contribution is -2.53. The Morgan fingerprint density at radius 3 is 2.55 bits per heavy atom. The molecule has 1 aliphatic heterocycles. The first-order chi connectivity index (χ1) is 9.56. The minimum Gasteiger partial charge on any atom is -0.491 e. The number of rotatable bonds is 4. The van der Waals surface area contributed by atoms with E-state index in [4.69, 9.17) is 16.3 Å². The summed E-state index contributed by atoms with van der Waals surface area (Å²) in [6.07, 6.45) is 0.0752. The summed E-state index contributed by atoms with van der Waals surface area (Å²) in [6, 6.07) is 6.94. The van der Waals surface area contributed by atoms with Crippen molar-refractivity contribution in [2.24, 2.45) is 0 Å². The van der Waals surface area contributed by atoms with Crippen molar-refractivity contribution >= 4 is 29.3 Å². The van der Waals surface area contributed by atoms with E-state index in [-0.39, 0.29) is 32.0 Å². The van der Waals surface area contributed by atoms with Crippen molar-refractivity contribution in [2.45, 2.75) is 6.42 Å². The summed E-state index contributed by atoms with van der Waals surface area (Å²) in [5.74, 6) is -0.752. The number of carbonyl (C=O) groups is 3. The first kappa shape index (κ1) is 14.3. The van der Waals surface area contributed by atoms with E-state index in [1.807, 2.05) is 0 Å². The van der Waals surface area contributed by atoms with E-state index < -0.39 is 11.8 Å². The molecule has 0 spiro atoms. The highest BCUT2D eigenvalue weighted by Crippen LogP contribution is 2.23. The SMILES string of the molecule is O=C1CN(C(=O)CCOc2ccccc2Cl)CC(=O)N1. The number of nitrogens with zero attached hydrogens (tertiary/aromatic N) is 1. The van der Waals surface area contributed by atoms with Crippen LogP contribution in [-0.4, -0.2) is 42.3 Å². The lowest BCUT2D eigenvalue weighted by atomic mass is 10.3. The normalized spacial score (nSPS) is 14.9. The standard InChI is InChI=1S/C13H13ClN2O4/c14-9-3-1-2-4-10(9)20-6-5-13(19)16-7-11(17)15-12(18)8-16/h1-4H,5-8H2,(H,15,17,18). The lowest BCUT2D eigenvalue weighted by Gasteiger charge is -2.25. The molecule has 20 heavy (non-hydrogen) atoms. The molecule has 1 aromatic carbocycles. The molecule has 3 amide bonds. The van der Waals surface area contributed by atoms with Crippen LogP contribution in [-0.2, 0) is 14.4 Å². The third kappa shape index (κ3) is 3.71. The molecular weight excluding hydrogens is 284 g/mol. The van der Waals surface area contributed by atoms with Gasteiger partial charge in [-0.3, -0.25) is 19.7 Å². The molecular formula is C13H13ClN2O4. The van der Waals surface area contributed by atoms with Crippen LogP contribution in [0.25, 0.3) is 0 Å². The first-order valence-electron chi connectivity index (χ1n) is 6.04. The molecule has 0 saturated carbocycles. The van der Waals surface area contributed by atoms with E-state index in [9.17, 15) is 14.4 Å². The third-order valence-electron chi connectivity index (χ3n) is 2.71. The maximum Gasteiger partial charge on any atom is 0.246 e. The van der Waals surface area contributed by atoms with E-state index >= 15 is 0 Å². The van der Waals surface area contributed by atoms with Crippen molar-refractivity contribution < 1.29 is 19.1 Å². The van der Waals surface area contributed by atoms with Crippen LogP contribution in [0, 0.1) is 0 Å². The summed E-state index contributed by atoms with van der Waals surface area (Å²) in [4.78, 5) is 35.4. The van der Waals surface area contributed by atoms with Gasteiger partial charge in [0.2, 0.25) is 17.7 Å². The number of imide groups is 1. The molecule has 1 saturated heterocycles. The molecule has 0 aromatic heterocycles. The number of piperazine rings is 1. The van der Waals surface area contributed by atoms with Crippen LogP contribution in [0.3, 0.4) is 0 Å². The van der Waals surface area contributed by atoms with E-state index in [1.54, 1.807) is 24.3 Å². The summed E-state index contributed by atoms with van der Waals surface area (Å²) in [5.41, 5.74) is 0. The average Bonchev–Trinajstić information content (AvgIpc) is 2.39. The van der Waals surface area contributed by atoms with Gasteiger partial charge in [0, 0.05) is 0 Å². The first-order valence-corrected chi connectivity index (χ1v) is 6.42. The zero-order chi connectivity index (χ0) is 14.5. The summed E-state index contributed by atoms with van der Waals surface area (Å²) in [6.45, 7) is -0.0673. The van der Waals surface area contributed by atoms with Crippen LogP contribution in [0.5, 0.6) is 5.75 Å². The number of ether oxygens (including phenoxy) is 1. The van der Waals surface area contributed by atoms with Crippen molar-refractivity contribution in [2.75, 3.05) is 19.7 Å². The van der Waals surface area contributed by atoms with Crippen LogP contribution in [0.1, 0.15) is 6.42 Å². The maximum atomic E-state index is 11.8. The Labute approximate surface area is 120 Å². The van der Waals surface area contributed by atoms with E-state index in [0.29, 0.717) is 10.8 Å². The second-order valence-corrected chi connectivity index (χ2v) is 4.66. The van der Waals surface area contributed by atoms with Crippen LogP contribution in [0.4, 0.5) is 0 Å². The van der Waals surface area contributed by atoms with Crippen LogP contribution in [0.15, 0.2) is 24.3 Å². The number of benzene rings is 1. The highest BCUT2D eigenvalue weighted by atomic mass is 35.5. The summed E-state index contributed by atoms with van der Waals surface area (Å²) in [7, 11) is 0. The summed E-state index contributed by atoms with van der Waals surface area (Å²) < 4.78 is 5.39. The fourth-order valence-electron chi connectivity index (χ4n) is 1.78. The van der Waals surface area contributed by atoms with Gasteiger partial charge in [0.25, 0.3) is 0 Å². The smallest absolute Gasteiger partial charge is 0.246 e. The largest absolute Gasteiger partial charge is 0.491 e. The van der Waals surface area contributed by atoms with Crippen molar-refractivity contribution in [1.29, 1.82) is 0 Å². The number of nitrogens with one attached hydrogen (secondary N) is 1. The molecule has 0 unspecified atom stereocenters. The summed E-state index contributed by atoms with van der Waals surface area (Å²) in [5, 5.41) is 2.60. The van der Waals surface area contributed by atoms with Crippen molar-refractivity contribution in [3.8, 4) is 5.75 Å². The van der Waals surface area contributed by atoms with Gasteiger partial charge in [-0.2, -0.15) is 0 Å². The fourth-order valence-corrected chi connectivity index (χ4v) is 1.97. The van der Waals surface area contributed by atoms with E-state index in [2.05, 4.69) is 5.32 Å². The molecule has 0 radical (unpaired) electrons. The fraction of sp³-hybridized carbons (Fsp3) is 0.308. The highest BCUT2D eigenvalue weighted by molar-refractivity contribution is 6.32. The van der Waals surface area contributed by atoms with Crippen molar-refractivity contribution in [1.82, 2.24) is 10.2 Å². The highest BCUT2D eigenvalue weighted by Gasteiger charge is 2.25. The summed E-state index contributed by atoms with van der Waals surface area (Å²) >= 11 is 5.91. The van der Waals surface area contributed by atoms with Crippen molar-refractivity contribution in [3.63, 3.8) is 0 Å². The van der Waals surface area contributed by atoms with Crippen LogP contribution in [0.2, 0.25) is 5.02 Å². The Morgan fingerprint density at radius 2 is 1.90 bits per heavy atom. The zero-order valence-electron chi connectivity index (χ0n) is 10.6. The Kier molecular flexibility index (Phi) is 4.57. The van der Waals surface area contributed by atoms with Crippen molar-refractivity contribution in [3.05, 3.63) is 29.3 Å². The van der Waals surface area contributed by atoms with Gasteiger partial charge in [0.15, 0.2) is 0 Å². The molecule has 1 aromatic rings. The second kappa shape index (κ2) is 6.38. The predicted molar refractivity (Wildman–Crippen MR) is 71.3 cm³/mol. The lowest BCUT2D eigenvalue weighted by molar-refractivity contribution is -0.145. The van der Waals surface area contributed by atoms with Gasteiger partial charge < -0.3 is 9.64 Å². The van der Waals surface area contributed by atoms with Crippen LogP contribution < -0.4 is 10.1 Å². The molecule has 1 heterocycles. The second-order valence-electron chi connectivity index (χ2n) is 4.25. The predicted octanol–water partition coefficient (Wildman–Crippen LogP) is 0.594. The third-order valence-corrected chi connectivity index (χ3v) is 3.02. The number of halogens is 1. The van der Waals surface area contributed by atoms with Gasteiger partial charge in [-0.05, 0) is 12.1 Å². The quantitative estimate of drug-likeness (QED) is 0.825. The molecule has 1 fully saturated rings. The molecule has 1 N–H and O–H groups in total. The van der Waals surface area contributed by atoms with E-state index in [0.717, 1.165) is 0 Å². The van der Waals surface area contributed by atoms with Gasteiger partial charge >= 0.3 is 0 Å². The number of carbonyl (C=O) groups excluding carboxylic acids is 3. The van der Waals surface area contributed by atoms with E-state index in [1.165, 1.54) is 4.90 Å². The number of hydrogen-bond donors (Lipinski definition) is 1. The molecule has 0 atom stereocenters. The molecule has 6 nitrogen and oxygen atoms in total. The number of para-hydroxylation sites is 1. The number of hydrogen-bond acceptors (Lipinski definition) is 4. The Hall–Kier alpha value is -2.08. The maximum absolute atomic E-state index is 11.8. The molecule has 7 heteroatoms. The van der Waals surface area contributed by atoms with Gasteiger partial charge in [-0.1, -0.05) is 23.7 Å². The molecule has 0 bridgehead atoms. The molecule has 1 aliphatic rings. The van der Waals surface area contributed by atoms with Gasteiger partial charge in [0.05, 0.1) is 18.1 Å². The minimum absolute atomic E-state index is 0.0752. The Bertz CT molecular complexity index is 531.